The van der Waals surface area contributed by atoms with E-state index in [0.29, 0.717) is 25.3 Å². The summed E-state index contributed by atoms with van der Waals surface area (Å²) in [6, 6.07) is 9.81. The van der Waals surface area contributed by atoms with Crippen LogP contribution in [0.4, 0.5) is 5.13 Å². The fourth-order valence-electron chi connectivity index (χ4n) is 3.26. The van der Waals surface area contributed by atoms with Crippen LogP contribution in [0.15, 0.2) is 30.3 Å². The molecule has 4 rings (SSSR count). The van der Waals surface area contributed by atoms with E-state index in [4.69, 9.17) is 4.74 Å². The summed E-state index contributed by atoms with van der Waals surface area (Å²) in [6.07, 6.45) is 0.737. The monoisotopic (exact) mass is 400 g/mol. The van der Waals surface area contributed by atoms with Gasteiger partial charge in [-0.25, -0.2) is 4.98 Å². The highest BCUT2D eigenvalue weighted by molar-refractivity contribution is 7.15. The number of methoxy groups -OCH3 is 1. The number of carbonyl (C=O) groups is 1. The van der Waals surface area contributed by atoms with Crippen LogP contribution >= 0.6 is 11.3 Å². The van der Waals surface area contributed by atoms with Crippen molar-refractivity contribution in [2.75, 3.05) is 32.1 Å². The molecule has 1 aliphatic rings. The molecule has 7 nitrogen and oxygen atoms in total. The lowest BCUT2D eigenvalue weighted by Gasteiger charge is -2.25. The van der Waals surface area contributed by atoms with Crippen molar-refractivity contribution in [1.82, 2.24) is 14.9 Å². The molecule has 2 aromatic heterocycles. The molecule has 28 heavy (non-hydrogen) atoms. The van der Waals surface area contributed by atoms with Crippen LogP contribution in [0.2, 0.25) is 0 Å². The molecular weight excluding hydrogens is 376 g/mol. The van der Waals surface area contributed by atoms with E-state index in [1.165, 1.54) is 0 Å². The number of aromatic nitrogens is 2. The number of fused-ring (bicyclic) bond motifs is 2. The number of amides is 1. The van der Waals surface area contributed by atoms with Gasteiger partial charge < -0.3 is 25.0 Å². The molecule has 0 saturated heterocycles. The minimum Gasteiger partial charge on any atom is -0.393 e. The zero-order chi connectivity index (χ0) is 19.7. The molecule has 1 aromatic carbocycles. The number of hydrogen-bond acceptors (Lipinski definition) is 6. The first-order chi connectivity index (χ1) is 13.5. The lowest BCUT2D eigenvalue weighted by atomic mass is 10.1. The predicted molar refractivity (Wildman–Crippen MR) is 110 cm³/mol. The minimum absolute atomic E-state index is 0.0111. The van der Waals surface area contributed by atoms with Gasteiger partial charge in [-0.15, -0.1) is 0 Å². The van der Waals surface area contributed by atoms with Crippen LogP contribution in [-0.2, 0) is 17.7 Å². The number of thiazole rings is 1. The number of ether oxygens (including phenoxy) is 1. The Labute approximate surface area is 167 Å². The zero-order valence-corrected chi connectivity index (χ0v) is 16.8. The Morgan fingerprint density at radius 1 is 1.46 bits per heavy atom. The van der Waals surface area contributed by atoms with Crippen molar-refractivity contribution in [3.05, 3.63) is 46.6 Å². The lowest BCUT2D eigenvalue weighted by molar-refractivity contribution is -0.0269. The first-order valence-electron chi connectivity index (χ1n) is 9.27. The number of H-pyrrole nitrogens is 1. The Bertz CT molecular complexity index is 959. The van der Waals surface area contributed by atoms with Gasteiger partial charge in [-0.3, -0.25) is 4.79 Å². The second kappa shape index (κ2) is 7.54. The quantitative estimate of drug-likeness (QED) is 0.592. The molecule has 3 heterocycles. The Hall–Kier alpha value is -2.42. The SMILES string of the molecule is COC(C)(CO)CNc1nc2c(s1)CN(C(=O)c1cc3ccccc3[nH]1)CC2. The van der Waals surface area contributed by atoms with Gasteiger partial charge in [-0.2, -0.15) is 0 Å². The third-order valence-electron chi connectivity index (χ3n) is 5.22. The van der Waals surface area contributed by atoms with Gasteiger partial charge in [0.2, 0.25) is 0 Å². The third kappa shape index (κ3) is 3.63. The molecule has 1 unspecified atom stereocenters. The molecular formula is C20H24N4O3S. The summed E-state index contributed by atoms with van der Waals surface area (Å²) >= 11 is 1.55. The van der Waals surface area contributed by atoms with Gasteiger partial charge in [0.05, 0.1) is 18.8 Å². The van der Waals surface area contributed by atoms with Crippen LogP contribution in [0.3, 0.4) is 0 Å². The molecule has 0 radical (unpaired) electrons. The highest BCUT2D eigenvalue weighted by Crippen LogP contribution is 2.29. The second-order valence-corrected chi connectivity index (χ2v) is 8.39. The van der Waals surface area contributed by atoms with Crippen molar-refractivity contribution in [1.29, 1.82) is 0 Å². The van der Waals surface area contributed by atoms with Gasteiger partial charge in [0.15, 0.2) is 5.13 Å². The van der Waals surface area contributed by atoms with Gasteiger partial charge >= 0.3 is 0 Å². The van der Waals surface area contributed by atoms with Crippen LogP contribution in [0.5, 0.6) is 0 Å². The number of rotatable bonds is 6. The van der Waals surface area contributed by atoms with Gasteiger partial charge in [0.1, 0.15) is 11.3 Å². The fourth-order valence-corrected chi connectivity index (χ4v) is 4.28. The number of benzene rings is 1. The predicted octanol–water partition coefficient (Wildman–Crippen LogP) is 2.63. The number of carbonyl (C=O) groups excluding carboxylic acids is 1. The van der Waals surface area contributed by atoms with Crippen molar-refractivity contribution in [2.45, 2.75) is 25.5 Å². The number of nitrogens with one attached hydrogen (secondary N) is 2. The number of aliphatic hydroxyl groups excluding tert-OH is 1. The van der Waals surface area contributed by atoms with Crippen LogP contribution < -0.4 is 5.32 Å². The standard InChI is InChI=1S/C20H24N4O3S/c1-20(12-25,27-2)11-21-19-23-15-7-8-24(10-17(15)28-19)18(26)16-9-13-5-3-4-6-14(13)22-16/h3-6,9,22,25H,7-8,10-12H2,1-2H3,(H,21,23). The smallest absolute Gasteiger partial charge is 0.270 e. The van der Waals surface area contributed by atoms with Crippen molar-refractivity contribution < 1.29 is 14.6 Å². The van der Waals surface area contributed by atoms with Crippen LogP contribution in [0.1, 0.15) is 28.0 Å². The summed E-state index contributed by atoms with van der Waals surface area (Å²) in [5, 5.41) is 14.5. The summed E-state index contributed by atoms with van der Waals surface area (Å²) in [4.78, 5) is 23.8. The van der Waals surface area contributed by atoms with Crippen molar-refractivity contribution in [3.63, 3.8) is 0 Å². The summed E-state index contributed by atoms with van der Waals surface area (Å²) in [5.74, 6) is 0.0111. The van der Waals surface area contributed by atoms with Crippen molar-refractivity contribution in [2.24, 2.45) is 0 Å². The molecule has 3 aromatic rings. The topological polar surface area (TPSA) is 90.5 Å². The molecule has 148 valence electrons. The number of aromatic amines is 1. The number of hydrogen-bond donors (Lipinski definition) is 3. The van der Waals surface area contributed by atoms with Crippen LogP contribution in [0.25, 0.3) is 10.9 Å². The Morgan fingerprint density at radius 3 is 3.04 bits per heavy atom. The third-order valence-corrected chi connectivity index (χ3v) is 6.26. The van der Waals surface area contributed by atoms with E-state index >= 15 is 0 Å². The summed E-state index contributed by atoms with van der Waals surface area (Å²) in [5.41, 5.74) is 1.98. The van der Waals surface area contributed by atoms with Crippen LogP contribution in [0, 0.1) is 0 Å². The summed E-state index contributed by atoms with van der Waals surface area (Å²) in [6.45, 7) is 3.44. The number of anilines is 1. The van der Waals surface area contributed by atoms with Gasteiger partial charge in [-0.05, 0) is 19.1 Å². The Balaban J connectivity index is 1.46. The number of nitrogens with zero attached hydrogens (tertiary/aromatic N) is 2. The average Bonchev–Trinajstić information content (AvgIpc) is 3.34. The molecule has 0 aliphatic carbocycles. The molecule has 1 atom stereocenters. The first kappa shape index (κ1) is 18.9. The molecule has 3 N–H and O–H groups in total. The molecule has 1 aliphatic heterocycles. The molecule has 8 heteroatoms. The maximum absolute atomic E-state index is 12.9. The second-order valence-electron chi connectivity index (χ2n) is 7.30. The Kier molecular flexibility index (Phi) is 5.09. The van der Waals surface area contributed by atoms with E-state index in [0.717, 1.165) is 33.0 Å². The van der Waals surface area contributed by atoms with Crippen molar-refractivity contribution >= 4 is 33.3 Å². The number of aliphatic hydroxyl groups is 1. The van der Waals surface area contributed by atoms with Gasteiger partial charge in [0.25, 0.3) is 5.91 Å². The lowest BCUT2D eigenvalue weighted by Crippen LogP contribution is -2.39. The zero-order valence-electron chi connectivity index (χ0n) is 16.0. The maximum Gasteiger partial charge on any atom is 0.270 e. The molecule has 0 fully saturated rings. The van der Waals surface area contributed by atoms with Gasteiger partial charge in [0, 0.05) is 42.4 Å². The van der Waals surface area contributed by atoms with Crippen molar-refractivity contribution in [3.8, 4) is 0 Å². The first-order valence-corrected chi connectivity index (χ1v) is 10.1. The van der Waals surface area contributed by atoms with Gasteiger partial charge in [-0.1, -0.05) is 29.5 Å². The fraction of sp³-hybridized carbons (Fsp3) is 0.400. The highest BCUT2D eigenvalue weighted by Gasteiger charge is 2.27. The number of para-hydroxylation sites is 1. The van der Waals surface area contributed by atoms with E-state index in [1.54, 1.807) is 18.4 Å². The largest absolute Gasteiger partial charge is 0.393 e. The summed E-state index contributed by atoms with van der Waals surface area (Å²) in [7, 11) is 1.58. The van der Waals surface area contributed by atoms with E-state index in [-0.39, 0.29) is 12.5 Å². The minimum atomic E-state index is -0.649. The molecule has 1 amide bonds. The molecule has 0 bridgehead atoms. The Morgan fingerprint density at radius 2 is 2.29 bits per heavy atom. The van der Waals surface area contributed by atoms with E-state index in [1.807, 2.05) is 42.2 Å². The maximum atomic E-state index is 12.9. The average molecular weight is 401 g/mol. The molecule has 0 saturated carbocycles. The van der Waals surface area contributed by atoms with E-state index in [9.17, 15) is 9.90 Å². The highest BCUT2D eigenvalue weighted by atomic mass is 32.1. The normalized spacial score (nSPS) is 16.0. The van der Waals surface area contributed by atoms with Crippen LogP contribution in [-0.4, -0.2) is 58.3 Å². The molecule has 0 spiro atoms. The summed E-state index contributed by atoms with van der Waals surface area (Å²) < 4.78 is 5.34. The van der Waals surface area contributed by atoms with E-state index in [2.05, 4.69) is 15.3 Å². The van der Waals surface area contributed by atoms with E-state index < -0.39 is 5.60 Å².